The molecule has 0 aliphatic carbocycles. The highest BCUT2D eigenvalue weighted by molar-refractivity contribution is 5.80. The molecule has 0 bridgehead atoms. The van der Waals surface area contributed by atoms with Gasteiger partial charge in [-0.25, -0.2) is 9.67 Å². The van der Waals surface area contributed by atoms with Gasteiger partial charge >= 0.3 is 12.3 Å². The monoisotopic (exact) mass is 614 g/mol. The summed E-state index contributed by atoms with van der Waals surface area (Å²) in [5.41, 5.74) is 1.74. The Morgan fingerprint density at radius 1 is 0.953 bits per heavy atom. The molecule has 1 fully saturated rings. The van der Waals surface area contributed by atoms with Gasteiger partial charge in [-0.2, -0.15) is 22.0 Å². The van der Waals surface area contributed by atoms with E-state index in [9.17, 15) is 22.0 Å². The average molecular weight is 615 g/mol. The van der Waals surface area contributed by atoms with Crippen LogP contribution in [0.3, 0.4) is 0 Å². The van der Waals surface area contributed by atoms with Gasteiger partial charge < -0.3 is 28.5 Å². The minimum absolute atomic E-state index is 0.319. The molecule has 0 N–H and O–H groups in total. The molecule has 0 amide bonds. The Balaban J connectivity index is 1.37. The van der Waals surface area contributed by atoms with Crippen LogP contribution in [0, 0.1) is 0 Å². The van der Waals surface area contributed by atoms with Crippen molar-refractivity contribution in [1.82, 2.24) is 14.8 Å². The van der Waals surface area contributed by atoms with Gasteiger partial charge in [-0.1, -0.05) is 36.3 Å². The highest BCUT2D eigenvalue weighted by atomic mass is 19.4. The lowest BCUT2D eigenvalue weighted by atomic mass is 9.99. The first-order valence-corrected chi connectivity index (χ1v) is 13.2. The van der Waals surface area contributed by atoms with Crippen molar-refractivity contribution in [3.05, 3.63) is 60.4 Å². The van der Waals surface area contributed by atoms with Crippen molar-refractivity contribution in [3.63, 3.8) is 0 Å². The molecule has 0 unspecified atom stereocenters. The number of alkyl halides is 5. The summed E-state index contributed by atoms with van der Waals surface area (Å²) in [7, 11) is 3.11. The molecule has 2 heterocycles. The number of rotatable bonds is 12. The molecule has 43 heavy (non-hydrogen) atoms. The molecule has 234 valence electrons. The zero-order valence-electron chi connectivity index (χ0n) is 23.7. The third-order valence-corrected chi connectivity index (χ3v) is 6.49. The number of ether oxygens (including phenoxy) is 5. The first-order chi connectivity index (χ1) is 20.5. The average Bonchev–Trinajstić information content (AvgIpc) is 3.46. The van der Waals surface area contributed by atoms with E-state index in [0.717, 1.165) is 18.6 Å². The largest absolute Gasteiger partial charge is 0.499 e. The number of oxime groups is 1. The van der Waals surface area contributed by atoms with Crippen molar-refractivity contribution in [2.75, 3.05) is 20.8 Å². The molecule has 0 spiro atoms. The van der Waals surface area contributed by atoms with Gasteiger partial charge in [0.15, 0.2) is 11.9 Å². The molecule has 1 aliphatic rings. The lowest BCUT2D eigenvalue weighted by molar-refractivity contribution is -0.360. The maximum atomic E-state index is 13.1. The van der Waals surface area contributed by atoms with Crippen LogP contribution in [0.25, 0.3) is 17.1 Å². The van der Waals surface area contributed by atoms with E-state index in [2.05, 4.69) is 20.0 Å². The second-order valence-electron chi connectivity index (χ2n) is 9.53. The fourth-order valence-electron chi connectivity index (χ4n) is 4.32. The molecule has 3 aromatic rings. The maximum absolute atomic E-state index is 13.1. The molecule has 0 saturated carbocycles. The molecule has 0 radical (unpaired) electrons. The predicted molar refractivity (Wildman–Crippen MR) is 143 cm³/mol. The van der Waals surface area contributed by atoms with E-state index < -0.39 is 36.5 Å². The molecule has 1 aromatic heterocycles. The summed E-state index contributed by atoms with van der Waals surface area (Å²) in [6, 6.07) is 11.6. The summed E-state index contributed by atoms with van der Waals surface area (Å²) in [6.07, 6.45) is -9.88. The van der Waals surface area contributed by atoms with Gasteiger partial charge in [0, 0.05) is 26.4 Å². The topological polar surface area (TPSA) is 98.5 Å². The minimum atomic E-state index is -5.84. The van der Waals surface area contributed by atoms with Gasteiger partial charge in [0.2, 0.25) is 0 Å². The number of benzene rings is 2. The van der Waals surface area contributed by atoms with E-state index >= 15 is 0 Å². The smallest absolute Gasteiger partial charge is 0.426 e. The van der Waals surface area contributed by atoms with E-state index in [4.69, 9.17) is 23.8 Å². The number of halogens is 5. The molecule has 2 aromatic carbocycles. The number of nitrogens with zero attached hydrogens (tertiary/aromatic N) is 4. The first-order valence-electron chi connectivity index (χ1n) is 13.2. The van der Waals surface area contributed by atoms with Gasteiger partial charge in [-0.3, -0.25) is 0 Å². The van der Waals surface area contributed by atoms with Crippen molar-refractivity contribution in [3.8, 4) is 22.8 Å². The van der Waals surface area contributed by atoms with Gasteiger partial charge in [0.05, 0.1) is 18.0 Å². The van der Waals surface area contributed by atoms with Crippen LogP contribution in [0.4, 0.5) is 22.0 Å². The summed E-state index contributed by atoms with van der Waals surface area (Å²) in [5, 5.41) is 8.40. The van der Waals surface area contributed by atoms with Gasteiger partial charge in [0.25, 0.3) is 6.29 Å². The van der Waals surface area contributed by atoms with Gasteiger partial charge in [-0.15, -0.1) is 5.10 Å². The molecule has 1 saturated heterocycles. The zero-order chi connectivity index (χ0) is 31.2. The van der Waals surface area contributed by atoms with E-state index in [0.29, 0.717) is 29.2 Å². The van der Waals surface area contributed by atoms with Crippen molar-refractivity contribution in [2.45, 2.75) is 63.3 Å². The van der Waals surface area contributed by atoms with Crippen LogP contribution in [0.1, 0.15) is 25.8 Å². The second kappa shape index (κ2) is 13.8. The number of aromatic nitrogens is 3. The van der Waals surface area contributed by atoms with Crippen LogP contribution < -0.4 is 4.74 Å². The Morgan fingerprint density at radius 3 is 2.23 bits per heavy atom. The summed E-state index contributed by atoms with van der Waals surface area (Å²) in [6.45, 7) is 4.45. The highest BCUT2D eigenvalue weighted by Crippen LogP contribution is 2.37. The van der Waals surface area contributed by atoms with E-state index in [-0.39, 0.29) is 12.2 Å². The Hall–Kier alpha value is -3.66. The standard InChI is InChI=1S/C28H31F5N4O6/c1-5-14-40-22-17(2)41-26(24(39-4)23(22)38-3)43-35-15-18-6-8-19(9-7-18)25-34-16-37(36-25)20-10-12-21(13-11-20)42-28(32,33)27(29,30)31/h6-13,15-17,22-24,26H,5,14H2,1-4H3/t17-,22-,23+,24+,26-/m0/s1. The second-order valence-corrected chi connectivity index (χ2v) is 9.53. The van der Waals surface area contributed by atoms with Crippen LogP contribution in [-0.4, -0.2) is 84.8 Å². The SMILES string of the molecule is CCCO[C@@H]1[C@@H](OC)[C@@H](OC)[C@H](ON=Cc2ccc(-c3ncn(-c4ccc(OC(F)(F)C(F)(F)F)cc4)n3)cc2)O[C@H]1C. The summed E-state index contributed by atoms with van der Waals surface area (Å²) < 4.78 is 91.6. The molecule has 10 nitrogen and oxygen atoms in total. The normalized spacial score (nSPS) is 23.0. The number of methoxy groups -OCH3 is 2. The maximum Gasteiger partial charge on any atom is 0.499 e. The zero-order valence-corrected chi connectivity index (χ0v) is 23.7. The predicted octanol–water partition coefficient (Wildman–Crippen LogP) is 5.39. The summed E-state index contributed by atoms with van der Waals surface area (Å²) in [4.78, 5) is 9.85. The van der Waals surface area contributed by atoms with Gasteiger partial charge in [0.1, 0.15) is 24.3 Å². The highest BCUT2D eigenvalue weighted by Gasteiger charge is 2.61. The molecular formula is C28H31F5N4O6. The molecule has 4 rings (SSSR count). The molecule has 1 aliphatic heterocycles. The number of hydrogen-bond donors (Lipinski definition) is 0. The van der Waals surface area contributed by atoms with E-state index in [1.807, 2.05) is 13.8 Å². The molecule has 5 atom stereocenters. The quantitative estimate of drug-likeness (QED) is 0.152. The van der Waals surface area contributed by atoms with E-state index in [1.54, 1.807) is 31.4 Å². The van der Waals surface area contributed by atoms with E-state index in [1.165, 1.54) is 36.5 Å². The Labute approximate surface area is 244 Å². The van der Waals surface area contributed by atoms with Crippen LogP contribution in [-0.2, 0) is 23.8 Å². The van der Waals surface area contributed by atoms with Crippen molar-refractivity contribution < 1.29 is 50.5 Å². The first kappa shape index (κ1) is 32.3. The molecule has 15 heteroatoms. The van der Waals surface area contributed by atoms with Crippen LogP contribution in [0.2, 0.25) is 0 Å². The number of hydrogen-bond acceptors (Lipinski definition) is 9. The third-order valence-electron chi connectivity index (χ3n) is 6.49. The van der Waals surface area contributed by atoms with Gasteiger partial charge in [-0.05, 0) is 43.2 Å². The Morgan fingerprint density at radius 2 is 1.63 bits per heavy atom. The fourth-order valence-corrected chi connectivity index (χ4v) is 4.32. The summed E-state index contributed by atoms with van der Waals surface area (Å²) >= 11 is 0. The van der Waals surface area contributed by atoms with Crippen LogP contribution in [0.5, 0.6) is 5.75 Å². The Kier molecular flexibility index (Phi) is 10.3. The fraction of sp³-hybridized carbons (Fsp3) is 0.464. The molecular weight excluding hydrogens is 583 g/mol. The summed E-state index contributed by atoms with van der Waals surface area (Å²) in [5.74, 6) is -0.305. The van der Waals surface area contributed by atoms with Crippen LogP contribution >= 0.6 is 0 Å². The minimum Gasteiger partial charge on any atom is -0.426 e. The van der Waals surface area contributed by atoms with Crippen molar-refractivity contribution >= 4 is 6.21 Å². The Bertz CT molecular complexity index is 1340. The lowest BCUT2D eigenvalue weighted by Gasteiger charge is -2.42. The van der Waals surface area contributed by atoms with Crippen molar-refractivity contribution in [1.29, 1.82) is 0 Å². The third kappa shape index (κ3) is 7.65. The van der Waals surface area contributed by atoms with Crippen LogP contribution in [0.15, 0.2) is 60.0 Å². The lowest BCUT2D eigenvalue weighted by Crippen LogP contribution is -2.59. The van der Waals surface area contributed by atoms with Crippen molar-refractivity contribution in [2.24, 2.45) is 5.16 Å².